The Kier molecular flexibility index (Phi) is 5.83. The van der Waals surface area contributed by atoms with Crippen molar-refractivity contribution in [1.82, 2.24) is 14.9 Å². The van der Waals surface area contributed by atoms with Crippen molar-refractivity contribution in [2.45, 2.75) is 25.8 Å². The molecule has 8 heteroatoms. The Labute approximate surface area is 152 Å². The summed E-state index contributed by atoms with van der Waals surface area (Å²) < 4.78 is 1.98. The van der Waals surface area contributed by atoms with Crippen molar-refractivity contribution in [3.05, 3.63) is 53.1 Å². The number of aromatic nitrogens is 2. The van der Waals surface area contributed by atoms with E-state index in [9.17, 15) is 14.9 Å². The van der Waals surface area contributed by atoms with Gasteiger partial charge in [-0.2, -0.15) is 0 Å². The van der Waals surface area contributed by atoms with Crippen LogP contribution in [0.25, 0.3) is 0 Å². The summed E-state index contributed by atoms with van der Waals surface area (Å²) in [6, 6.07) is 6.77. The van der Waals surface area contributed by atoms with Crippen LogP contribution in [0.15, 0.2) is 43.0 Å². The Morgan fingerprint density at radius 1 is 1.31 bits per heavy atom. The van der Waals surface area contributed by atoms with Gasteiger partial charge in [0.25, 0.3) is 5.69 Å². The predicted octanol–water partition coefficient (Wildman–Crippen LogP) is 2.21. The van der Waals surface area contributed by atoms with Crippen LogP contribution in [0.5, 0.6) is 0 Å². The maximum Gasteiger partial charge on any atom is 0.292 e. The Morgan fingerprint density at radius 2 is 2.08 bits per heavy atom. The highest BCUT2D eigenvalue weighted by Gasteiger charge is 2.27. The topological polar surface area (TPSA) is 93.3 Å². The molecule has 1 aromatic carbocycles. The monoisotopic (exact) mass is 357 g/mol. The first-order valence-electron chi connectivity index (χ1n) is 8.87. The molecule has 8 nitrogen and oxygen atoms in total. The molecule has 1 aromatic heterocycles. The van der Waals surface area contributed by atoms with Crippen molar-refractivity contribution < 1.29 is 9.72 Å². The molecule has 0 atom stereocenters. The van der Waals surface area contributed by atoms with E-state index in [-0.39, 0.29) is 22.4 Å². The van der Waals surface area contributed by atoms with E-state index in [4.69, 9.17) is 0 Å². The average Bonchev–Trinajstić information content (AvgIpc) is 3.18. The lowest BCUT2D eigenvalue weighted by atomic mass is 9.95. The molecule has 2 heterocycles. The summed E-state index contributed by atoms with van der Waals surface area (Å²) in [4.78, 5) is 29.1. The minimum absolute atomic E-state index is 0.0257. The smallest absolute Gasteiger partial charge is 0.292 e. The number of hydrogen-bond donors (Lipinski definition) is 1. The molecule has 0 unspecified atom stereocenters. The van der Waals surface area contributed by atoms with Crippen LogP contribution < -0.4 is 10.2 Å². The number of carbonyl (C=O) groups excluding carboxylic acids is 1. The summed E-state index contributed by atoms with van der Waals surface area (Å²) in [6.07, 6.45) is 7.68. The van der Waals surface area contributed by atoms with Gasteiger partial charge < -0.3 is 14.8 Å². The van der Waals surface area contributed by atoms with E-state index < -0.39 is 0 Å². The van der Waals surface area contributed by atoms with Crippen LogP contribution in [0, 0.1) is 16.0 Å². The number of anilines is 1. The maximum atomic E-state index is 12.3. The number of hydrogen-bond acceptors (Lipinski definition) is 5. The Balaban J connectivity index is 1.44. The lowest BCUT2D eigenvalue weighted by Crippen LogP contribution is -2.41. The lowest BCUT2D eigenvalue weighted by molar-refractivity contribution is -0.384. The largest absolute Gasteiger partial charge is 0.366 e. The third kappa shape index (κ3) is 4.38. The van der Waals surface area contributed by atoms with E-state index in [1.807, 2.05) is 15.7 Å². The number of nitro benzene ring substituents is 1. The SMILES string of the molecule is O=C(NCCCn1ccnc1)C1CCN(c2ccccc2[N+](=O)[O-])CC1. The molecular weight excluding hydrogens is 334 g/mol. The van der Waals surface area contributed by atoms with Gasteiger partial charge in [-0.15, -0.1) is 0 Å². The van der Waals surface area contributed by atoms with Crippen LogP contribution in [0.2, 0.25) is 0 Å². The van der Waals surface area contributed by atoms with Gasteiger partial charge in [-0.25, -0.2) is 4.98 Å². The summed E-state index contributed by atoms with van der Waals surface area (Å²) in [5.74, 6) is 0.0557. The van der Waals surface area contributed by atoms with Crippen LogP contribution in [0.3, 0.4) is 0 Å². The number of amides is 1. The standard InChI is InChI=1S/C18H23N5O3/c24-18(20-8-3-10-21-13-9-19-14-21)15-6-11-22(12-7-15)16-4-1-2-5-17(16)23(25)26/h1-2,4-5,9,13-15H,3,6-8,10-12H2,(H,20,24). The predicted molar refractivity (Wildman–Crippen MR) is 97.9 cm³/mol. The van der Waals surface area contributed by atoms with Gasteiger partial charge in [-0.3, -0.25) is 14.9 Å². The summed E-state index contributed by atoms with van der Waals surface area (Å²) in [5, 5.41) is 14.2. The highest BCUT2D eigenvalue weighted by atomic mass is 16.6. The molecule has 3 rings (SSSR count). The fraction of sp³-hybridized carbons (Fsp3) is 0.444. The quantitative estimate of drug-likeness (QED) is 0.466. The molecular formula is C18H23N5O3. The Hall–Kier alpha value is -2.90. The first kappa shape index (κ1) is 17.9. The molecule has 1 fully saturated rings. The molecule has 0 bridgehead atoms. The minimum atomic E-state index is -0.353. The van der Waals surface area contributed by atoms with E-state index in [2.05, 4.69) is 10.3 Å². The van der Waals surface area contributed by atoms with Gasteiger partial charge in [0.15, 0.2) is 0 Å². The van der Waals surface area contributed by atoms with Gasteiger partial charge in [0.1, 0.15) is 5.69 Å². The number of para-hydroxylation sites is 2. The zero-order valence-corrected chi connectivity index (χ0v) is 14.6. The van der Waals surface area contributed by atoms with Crippen molar-refractivity contribution in [2.24, 2.45) is 5.92 Å². The van der Waals surface area contributed by atoms with E-state index in [0.29, 0.717) is 38.2 Å². The molecule has 1 saturated heterocycles. The normalized spacial score (nSPS) is 15.0. The average molecular weight is 357 g/mol. The van der Waals surface area contributed by atoms with E-state index in [0.717, 1.165) is 13.0 Å². The van der Waals surface area contributed by atoms with Gasteiger partial charge in [0.05, 0.1) is 11.3 Å². The van der Waals surface area contributed by atoms with E-state index >= 15 is 0 Å². The van der Waals surface area contributed by atoms with E-state index in [1.165, 1.54) is 6.07 Å². The number of rotatable bonds is 7. The van der Waals surface area contributed by atoms with Crippen LogP contribution >= 0.6 is 0 Å². The zero-order valence-electron chi connectivity index (χ0n) is 14.6. The molecule has 0 aliphatic carbocycles. The van der Waals surface area contributed by atoms with Crippen LogP contribution in [-0.4, -0.2) is 40.0 Å². The Morgan fingerprint density at radius 3 is 2.77 bits per heavy atom. The number of nitro groups is 1. The highest BCUT2D eigenvalue weighted by Crippen LogP contribution is 2.31. The number of imidazole rings is 1. The molecule has 0 saturated carbocycles. The number of nitrogens with zero attached hydrogens (tertiary/aromatic N) is 4. The molecule has 0 spiro atoms. The molecule has 0 radical (unpaired) electrons. The second-order valence-corrected chi connectivity index (χ2v) is 6.45. The summed E-state index contributed by atoms with van der Waals surface area (Å²) in [5.41, 5.74) is 0.756. The van der Waals surface area contributed by atoms with E-state index in [1.54, 1.807) is 30.7 Å². The van der Waals surface area contributed by atoms with Crippen molar-refractivity contribution in [1.29, 1.82) is 0 Å². The maximum absolute atomic E-state index is 12.3. The first-order chi connectivity index (χ1) is 12.6. The number of nitrogens with one attached hydrogen (secondary N) is 1. The molecule has 1 aliphatic heterocycles. The Bertz CT molecular complexity index is 739. The highest BCUT2D eigenvalue weighted by molar-refractivity contribution is 5.79. The van der Waals surface area contributed by atoms with Gasteiger partial charge in [-0.05, 0) is 25.3 Å². The fourth-order valence-corrected chi connectivity index (χ4v) is 3.31. The van der Waals surface area contributed by atoms with Gasteiger partial charge in [-0.1, -0.05) is 12.1 Å². The summed E-state index contributed by atoms with van der Waals surface area (Å²) in [6.45, 7) is 2.77. The summed E-state index contributed by atoms with van der Waals surface area (Å²) in [7, 11) is 0. The molecule has 138 valence electrons. The molecule has 1 N–H and O–H groups in total. The minimum Gasteiger partial charge on any atom is -0.366 e. The first-order valence-corrected chi connectivity index (χ1v) is 8.87. The molecule has 26 heavy (non-hydrogen) atoms. The zero-order chi connectivity index (χ0) is 18.4. The second-order valence-electron chi connectivity index (χ2n) is 6.45. The second kappa shape index (κ2) is 8.46. The number of benzene rings is 1. The van der Waals surface area contributed by atoms with Gasteiger partial charge in [0.2, 0.25) is 5.91 Å². The van der Waals surface area contributed by atoms with Gasteiger partial charge in [0, 0.05) is 50.6 Å². The molecule has 1 amide bonds. The molecule has 2 aromatic rings. The van der Waals surface area contributed by atoms with Crippen molar-refractivity contribution in [2.75, 3.05) is 24.5 Å². The van der Waals surface area contributed by atoms with Crippen molar-refractivity contribution in [3.8, 4) is 0 Å². The van der Waals surface area contributed by atoms with Gasteiger partial charge >= 0.3 is 0 Å². The van der Waals surface area contributed by atoms with Crippen molar-refractivity contribution >= 4 is 17.3 Å². The number of aryl methyl sites for hydroxylation is 1. The third-order valence-corrected chi connectivity index (χ3v) is 4.74. The third-order valence-electron chi connectivity index (χ3n) is 4.74. The van der Waals surface area contributed by atoms with Crippen LogP contribution in [0.1, 0.15) is 19.3 Å². The lowest BCUT2D eigenvalue weighted by Gasteiger charge is -2.32. The fourth-order valence-electron chi connectivity index (χ4n) is 3.31. The number of piperidine rings is 1. The summed E-state index contributed by atoms with van der Waals surface area (Å²) >= 11 is 0. The van der Waals surface area contributed by atoms with Crippen LogP contribution in [0.4, 0.5) is 11.4 Å². The molecule has 1 aliphatic rings. The number of carbonyl (C=O) groups is 1. The van der Waals surface area contributed by atoms with Crippen molar-refractivity contribution in [3.63, 3.8) is 0 Å². The van der Waals surface area contributed by atoms with Crippen LogP contribution in [-0.2, 0) is 11.3 Å².